The van der Waals surface area contributed by atoms with Crippen LogP contribution in [-0.4, -0.2) is 26.8 Å². The van der Waals surface area contributed by atoms with Gasteiger partial charge in [-0.15, -0.1) is 0 Å². The first kappa shape index (κ1) is 14.3. The second-order valence-corrected chi connectivity index (χ2v) is 7.38. The summed E-state index contributed by atoms with van der Waals surface area (Å²) in [6, 6.07) is 7.45. The molecule has 1 aliphatic rings. The van der Waals surface area contributed by atoms with Crippen molar-refractivity contribution in [2.45, 2.75) is 37.1 Å². The van der Waals surface area contributed by atoms with Gasteiger partial charge < -0.3 is 11.1 Å². The Hall–Kier alpha value is -1.07. The standard InChI is InChI=1S/C14H22N2O2S/c1-2-19(17,18)13-8-6-12(7-9-13)16-14-5-3-4-11(14)10-15/h6-9,11,14,16H,2-5,10,15H2,1H3. The van der Waals surface area contributed by atoms with Crippen molar-refractivity contribution < 1.29 is 8.42 Å². The lowest BCUT2D eigenvalue weighted by Gasteiger charge is -2.20. The van der Waals surface area contributed by atoms with Gasteiger partial charge in [0.1, 0.15) is 0 Å². The minimum atomic E-state index is -3.11. The maximum Gasteiger partial charge on any atom is 0.178 e. The Morgan fingerprint density at radius 2 is 1.95 bits per heavy atom. The Morgan fingerprint density at radius 3 is 2.53 bits per heavy atom. The van der Waals surface area contributed by atoms with Gasteiger partial charge in [-0.2, -0.15) is 0 Å². The largest absolute Gasteiger partial charge is 0.382 e. The highest BCUT2D eigenvalue weighted by molar-refractivity contribution is 7.91. The molecule has 0 aromatic heterocycles. The molecule has 1 aliphatic carbocycles. The molecule has 0 spiro atoms. The molecule has 0 radical (unpaired) electrons. The predicted octanol–water partition coefficient (Wildman–Crippen LogP) is 2.02. The SMILES string of the molecule is CCS(=O)(=O)c1ccc(NC2CCCC2CN)cc1. The van der Waals surface area contributed by atoms with Crippen LogP contribution in [0, 0.1) is 5.92 Å². The number of sulfone groups is 1. The van der Waals surface area contributed by atoms with Crippen LogP contribution in [0.1, 0.15) is 26.2 Å². The zero-order chi connectivity index (χ0) is 13.9. The fraction of sp³-hybridized carbons (Fsp3) is 0.571. The Balaban J connectivity index is 2.07. The monoisotopic (exact) mass is 282 g/mol. The lowest BCUT2D eigenvalue weighted by molar-refractivity contribution is 0.516. The van der Waals surface area contributed by atoms with E-state index in [9.17, 15) is 8.42 Å². The number of nitrogens with two attached hydrogens (primary N) is 1. The molecule has 3 N–H and O–H groups in total. The fourth-order valence-corrected chi connectivity index (χ4v) is 3.53. The zero-order valence-corrected chi connectivity index (χ0v) is 12.1. The molecule has 0 saturated heterocycles. The molecule has 1 saturated carbocycles. The number of rotatable bonds is 5. The minimum Gasteiger partial charge on any atom is -0.382 e. The van der Waals surface area contributed by atoms with Crippen LogP contribution in [0.15, 0.2) is 29.2 Å². The number of hydrogen-bond acceptors (Lipinski definition) is 4. The van der Waals surface area contributed by atoms with Crippen molar-refractivity contribution in [1.82, 2.24) is 0 Å². The zero-order valence-electron chi connectivity index (χ0n) is 11.3. The Bertz CT molecular complexity index is 511. The van der Waals surface area contributed by atoms with E-state index in [1.54, 1.807) is 19.1 Å². The summed E-state index contributed by atoms with van der Waals surface area (Å²) in [5.74, 6) is 0.663. The summed E-state index contributed by atoms with van der Waals surface area (Å²) in [6.45, 7) is 2.37. The topological polar surface area (TPSA) is 72.2 Å². The van der Waals surface area contributed by atoms with Crippen LogP contribution in [0.2, 0.25) is 0 Å². The first-order chi connectivity index (χ1) is 9.06. The molecule has 0 bridgehead atoms. The second kappa shape index (κ2) is 5.92. The van der Waals surface area contributed by atoms with Gasteiger partial charge in [-0.3, -0.25) is 0 Å². The van der Waals surface area contributed by atoms with Gasteiger partial charge in [0.15, 0.2) is 9.84 Å². The van der Waals surface area contributed by atoms with Crippen molar-refractivity contribution in [3.63, 3.8) is 0 Å². The first-order valence-corrected chi connectivity index (χ1v) is 8.51. The average molecular weight is 282 g/mol. The van der Waals surface area contributed by atoms with Crippen molar-refractivity contribution in [3.8, 4) is 0 Å². The molecule has 19 heavy (non-hydrogen) atoms. The van der Waals surface area contributed by atoms with E-state index in [1.807, 2.05) is 12.1 Å². The smallest absolute Gasteiger partial charge is 0.178 e. The molecule has 2 rings (SSSR count). The Labute approximate surface area is 115 Å². The van der Waals surface area contributed by atoms with Gasteiger partial charge in [-0.1, -0.05) is 13.3 Å². The van der Waals surface area contributed by atoms with Gasteiger partial charge in [0.25, 0.3) is 0 Å². The molecule has 0 heterocycles. The van der Waals surface area contributed by atoms with E-state index in [-0.39, 0.29) is 5.75 Å². The molecule has 2 unspecified atom stereocenters. The Morgan fingerprint density at radius 1 is 1.26 bits per heavy atom. The van der Waals surface area contributed by atoms with Gasteiger partial charge in [0.2, 0.25) is 0 Å². The maximum atomic E-state index is 11.7. The highest BCUT2D eigenvalue weighted by Crippen LogP contribution is 2.28. The van der Waals surface area contributed by atoms with Gasteiger partial charge in [-0.25, -0.2) is 8.42 Å². The van der Waals surface area contributed by atoms with Crippen LogP contribution < -0.4 is 11.1 Å². The summed E-state index contributed by atoms with van der Waals surface area (Å²) in [5, 5.41) is 3.46. The van der Waals surface area contributed by atoms with Crippen molar-refractivity contribution in [3.05, 3.63) is 24.3 Å². The van der Waals surface area contributed by atoms with Gasteiger partial charge in [0.05, 0.1) is 10.6 Å². The van der Waals surface area contributed by atoms with Crippen molar-refractivity contribution in [2.24, 2.45) is 11.7 Å². The predicted molar refractivity (Wildman–Crippen MR) is 78.0 cm³/mol. The van der Waals surface area contributed by atoms with E-state index in [0.717, 1.165) is 12.1 Å². The number of benzene rings is 1. The van der Waals surface area contributed by atoms with Crippen molar-refractivity contribution in [2.75, 3.05) is 17.6 Å². The van der Waals surface area contributed by atoms with Crippen LogP contribution in [0.5, 0.6) is 0 Å². The van der Waals surface area contributed by atoms with E-state index in [4.69, 9.17) is 5.73 Å². The van der Waals surface area contributed by atoms with Crippen LogP contribution in [-0.2, 0) is 9.84 Å². The molecule has 4 nitrogen and oxygen atoms in total. The molecule has 5 heteroatoms. The Kier molecular flexibility index (Phi) is 4.47. The molecule has 1 aromatic rings. The third kappa shape index (κ3) is 3.28. The van der Waals surface area contributed by atoms with Gasteiger partial charge in [-0.05, 0) is 49.6 Å². The molecule has 106 valence electrons. The summed E-state index contributed by atoms with van der Waals surface area (Å²) in [6.07, 6.45) is 3.52. The van der Waals surface area contributed by atoms with Crippen LogP contribution in [0.3, 0.4) is 0 Å². The number of nitrogens with one attached hydrogen (secondary N) is 1. The normalized spacial score (nSPS) is 23.5. The molecule has 1 fully saturated rings. The molecule has 0 aliphatic heterocycles. The summed E-state index contributed by atoms with van der Waals surface area (Å²) in [5.41, 5.74) is 6.73. The quantitative estimate of drug-likeness (QED) is 0.866. The molecular formula is C14H22N2O2S. The van der Waals surface area contributed by atoms with Crippen molar-refractivity contribution >= 4 is 15.5 Å². The molecular weight excluding hydrogens is 260 g/mol. The lowest BCUT2D eigenvalue weighted by Crippen LogP contribution is -2.29. The summed E-state index contributed by atoms with van der Waals surface area (Å²) in [4.78, 5) is 0.391. The number of anilines is 1. The van der Waals surface area contributed by atoms with Crippen LogP contribution in [0.25, 0.3) is 0 Å². The summed E-state index contributed by atoms with van der Waals surface area (Å²) < 4.78 is 23.4. The van der Waals surface area contributed by atoms with E-state index < -0.39 is 9.84 Å². The van der Waals surface area contributed by atoms with Gasteiger partial charge in [0, 0.05) is 11.7 Å². The van der Waals surface area contributed by atoms with Gasteiger partial charge >= 0.3 is 0 Å². The summed E-state index contributed by atoms with van der Waals surface area (Å²) in [7, 11) is -3.11. The molecule has 1 aromatic carbocycles. The first-order valence-electron chi connectivity index (χ1n) is 6.86. The third-order valence-corrected chi connectivity index (χ3v) is 5.66. The lowest BCUT2D eigenvalue weighted by atomic mass is 10.0. The van der Waals surface area contributed by atoms with E-state index in [0.29, 0.717) is 23.4 Å². The van der Waals surface area contributed by atoms with E-state index in [2.05, 4.69) is 5.32 Å². The fourth-order valence-electron chi connectivity index (χ4n) is 2.65. The highest BCUT2D eigenvalue weighted by atomic mass is 32.2. The maximum absolute atomic E-state index is 11.7. The van der Waals surface area contributed by atoms with Crippen LogP contribution >= 0.6 is 0 Å². The van der Waals surface area contributed by atoms with E-state index in [1.165, 1.54) is 12.8 Å². The average Bonchev–Trinajstić information content (AvgIpc) is 2.86. The van der Waals surface area contributed by atoms with Crippen molar-refractivity contribution in [1.29, 1.82) is 0 Å². The molecule has 2 atom stereocenters. The van der Waals surface area contributed by atoms with E-state index >= 15 is 0 Å². The highest BCUT2D eigenvalue weighted by Gasteiger charge is 2.25. The second-order valence-electron chi connectivity index (χ2n) is 5.11. The number of hydrogen-bond donors (Lipinski definition) is 2. The molecule has 0 amide bonds. The third-order valence-electron chi connectivity index (χ3n) is 3.91. The minimum absolute atomic E-state index is 0.137. The van der Waals surface area contributed by atoms with Crippen LogP contribution in [0.4, 0.5) is 5.69 Å². The summed E-state index contributed by atoms with van der Waals surface area (Å²) >= 11 is 0.